The number of nitrogens with two attached hydrogens (primary N) is 1. The topological polar surface area (TPSA) is 70.0 Å². The van der Waals surface area contributed by atoms with Crippen molar-refractivity contribution in [2.45, 2.75) is 19.1 Å². The molecule has 1 rings (SSSR count). The molecule has 0 aliphatic heterocycles. The van der Waals surface area contributed by atoms with Gasteiger partial charge < -0.3 is 10.8 Å². The second-order valence-corrected chi connectivity index (χ2v) is 3.97. The van der Waals surface area contributed by atoms with Crippen LogP contribution in [-0.2, 0) is 0 Å². The van der Waals surface area contributed by atoms with Gasteiger partial charge in [-0.1, -0.05) is 6.07 Å². The molecule has 2 atom stereocenters. The standard InChI is InChI=1S/C10H11BrN2O/c1-6(14)10(13)7-2-3-9(11)8(4-7)5-12/h2-4,6,10,14H,13H2,1H3/t6-,10+/m1/s1. The van der Waals surface area contributed by atoms with Crippen LogP contribution < -0.4 is 5.73 Å². The van der Waals surface area contributed by atoms with Gasteiger partial charge in [0.1, 0.15) is 6.07 Å². The molecule has 0 aliphatic carbocycles. The third-order valence-electron chi connectivity index (χ3n) is 2.02. The molecular weight excluding hydrogens is 244 g/mol. The van der Waals surface area contributed by atoms with Crippen LogP contribution in [0.25, 0.3) is 0 Å². The van der Waals surface area contributed by atoms with Crippen LogP contribution in [0.15, 0.2) is 22.7 Å². The summed E-state index contributed by atoms with van der Waals surface area (Å²) < 4.78 is 0.738. The molecule has 1 aromatic carbocycles. The highest BCUT2D eigenvalue weighted by Gasteiger charge is 2.13. The Kier molecular flexibility index (Phi) is 3.64. The summed E-state index contributed by atoms with van der Waals surface area (Å²) in [6.07, 6.45) is -0.622. The lowest BCUT2D eigenvalue weighted by atomic mass is 10.0. The molecule has 0 saturated heterocycles. The average Bonchev–Trinajstić information content (AvgIpc) is 2.17. The number of aliphatic hydroxyl groups excluding tert-OH is 1. The quantitative estimate of drug-likeness (QED) is 0.844. The molecule has 0 fully saturated rings. The second kappa shape index (κ2) is 4.56. The molecule has 0 unspecified atom stereocenters. The van der Waals surface area contributed by atoms with Gasteiger partial charge in [-0.3, -0.25) is 0 Å². The van der Waals surface area contributed by atoms with Gasteiger partial charge in [-0.05, 0) is 40.5 Å². The van der Waals surface area contributed by atoms with Crippen LogP contribution in [0.1, 0.15) is 24.1 Å². The molecule has 0 amide bonds. The van der Waals surface area contributed by atoms with E-state index in [1.165, 1.54) is 0 Å². The summed E-state index contributed by atoms with van der Waals surface area (Å²) in [6.45, 7) is 1.62. The number of benzene rings is 1. The van der Waals surface area contributed by atoms with E-state index in [1.54, 1.807) is 25.1 Å². The number of hydrogen-bond donors (Lipinski definition) is 2. The Balaban J connectivity index is 3.08. The summed E-state index contributed by atoms with van der Waals surface area (Å²) in [4.78, 5) is 0. The van der Waals surface area contributed by atoms with Crippen LogP contribution in [-0.4, -0.2) is 11.2 Å². The van der Waals surface area contributed by atoms with Crippen LogP contribution in [0.2, 0.25) is 0 Å². The van der Waals surface area contributed by atoms with Crippen LogP contribution in [0.5, 0.6) is 0 Å². The lowest BCUT2D eigenvalue weighted by Crippen LogP contribution is -2.23. The van der Waals surface area contributed by atoms with E-state index in [4.69, 9.17) is 11.0 Å². The van der Waals surface area contributed by atoms with Gasteiger partial charge in [0.05, 0.1) is 17.7 Å². The Hall–Kier alpha value is -0.890. The van der Waals surface area contributed by atoms with Gasteiger partial charge in [0.2, 0.25) is 0 Å². The SMILES string of the molecule is C[C@@H](O)[C@H](N)c1ccc(Br)c(C#N)c1. The van der Waals surface area contributed by atoms with Crippen molar-refractivity contribution in [1.82, 2.24) is 0 Å². The molecule has 0 aromatic heterocycles. The Bertz CT molecular complexity index is 371. The number of nitriles is 1. The van der Waals surface area contributed by atoms with Crippen molar-refractivity contribution >= 4 is 15.9 Å². The first kappa shape index (κ1) is 11.2. The van der Waals surface area contributed by atoms with Crippen molar-refractivity contribution < 1.29 is 5.11 Å². The van der Waals surface area contributed by atoms with Gasteiger partial charge in [-0.2, -0.15) is 5.26 Å². The van der Waals surface area contributed by atoms with Crippen LogP contribution in [0, 0.1) is 11.3 Å². The number of aliphatic hydroxyl groups is 1. The van der Waals surface area contributed by atoms with Crippen molar-refractivity contribution in [2.75, 3.05) is 0 Å². The normalized spacial score (nSPS) is 14.5. The minimum absolute atomic E-state index is 0.449. The predicted octanol–water partition coefficient (Wildman–Crippen LogP) is 1.70. The molecule has 0 radical (unpaired) electrons. The van der Waals surface area contributed by atoms with E-state index >= 15 is 0 Å². The maximum Gasteiger partial charge on any atom is 0.100 e. The van der Waals surface area contributed by atoms with E-state index in [0.717, 1.165) is 10.0 Å². The van der Waals surface area contributed by atoms with E-state index in [9.17, 15) is 5.11 Å². The lowest BCUT2D eigenvalue weighted by Gasteiger charge is -2.15. The minimum atomic E-state index is -0.622. The molecule has 0 saturated carbocycles. The largest absolute Gasteiger partial charge is 0.391 e. The third kappa shape index (κ3) is 2.32. The van der Waals surface area contributed by atoms with Gasteiger partial charge >= 0.3 is 0 Å². The summed E-state index contributed by atoms with van der Waals surface area (Å²) in [5.74, 6) is 0. The van der Waals surface area contributed by atoms with E-state index in [-0.39, 0.29) is 0 Å². The average molecular weight is 255 g/mol. The number of hydrogen-bond acceptors (Lipinski definition) is 3. The molecule has 4 heteroatoms. The Morgan fingerprint density at radius 1 is 1.57 bits per heavy atom. The van der Waals surface area contributed by atoms with E-state index in [2.05, 4.69) is 15.9 Å². The zero-order chi connectivity index (χ0) is 10.7. The van der Waals surface area contributed by atoms with Crippen molar-refractivity contribution in [3.05, 3.63) is 33.8 Å². The van der Waals surface area contributed by atoms with E-state index in [0.29, 0.717) is 5.56 Å². The first-order valence-corrected chi connectivity index (χ1v) is 4.98. The summed E-state index contributed by atoms with van der Waals surface area (Å²) >= 11 is 3.25. The molecule has 0 heterocycles. The van der Waals surface area contributed by atoms with Gasteiger partial charge in [0, 0.05) is 4.47 Å². The first-order chi connectivity index (χ1) is 6.56. The first-order valence-electron chi connectivity index (χ1n) is 4.19. The van der Waals surface area contributed by atoms with Gasteiger partial charge in [-0.25, -0.2) is 0 Å². The molecule has 3 nitrogen and oxygen atoms in total. The fraction of sp³-hybridized carbons (Fsp3) is 0.300. The number of halogens is 1. The van der Waals surface area contributed by atoms with Crippen molar-refractivity contribution in [1.29, 1.82) is 5.26 Å². The maximum absolute atomic E-state index is 9.29. The Morgan fingerprint density at radius 2 is 2.21 bits per heavy atom. The fourth-order valence-electron chi connectivity index (χ4n) is 1.11. The fourth-order valence-corrected chi connectivity index (χ4v) is 1.45. The van der Waals surface area contributed by atoms with Crippen LogP contribution in [0.3, 0.4) is 0 Å². The number of rotatable bonds is 2. The smallest absolute Gasteiger partial charge is 0.100 e. The Labute approximate surface area is 91.3 Å². The zero-order valence-electron chi connectivity index (χ0n) is 7.74. The van der Waals surface area contributed by atoms with Gasteiger partial charge in [0.15, 0.2) is 0 Å². The minimum Gasteiger partial charge on any atom is -0.391 e. The molecule has 1 aromatic rings. The predicted molar refractivity (Wildman–Crippen MR) is 57.5 cm³/mol. The summed E-state index contributed by atoms with van der Waals surface area (Å²) in [5.41, 5.74) is 7.03. The highest BCUT2D eigenvalue weighted by atomic mass is 79.9. The Morgan fingerprint density at radius 3 is 2.71 bits per heavy atom. The highest BCUT2D eigenvalue weighted by molar-refractivity contribution is 9.10. The maximum atomic E-state index is 9.29. The van der Waals surface area contributed by atoms with Crippen LogP contribution in [0.4, 0.5) is 0 Å². The molecule has 0 bridgehead atoms. The summed E-state index contributed by atoms with van der Waals surface area (Å²) in [6, 6.07) is 6.83. The summed E-state index contributed by atoms with van der Waals surface area (Å²) in [7, 11) is 0. The molecule has 74 valence electrons. The van der Waals surface area contributed by atoms with Gasteiger partial charge in [-0.15, -0.1) is 0 Å². The summed E-state index contributed by atoms with van der Waals surface area (Å²) in [5, 5.41) is 18.1. The second-order valence-electron chi connectivity index (χ2n) is 3.12. The molecule has 3 N–H and O–H groups in total. The highest BCUT2D eigenvalue weighted by Crippen LogP contribution is 2.21. The van der Waals surface area contributed by atoms with Gasteiger partial charge in [0.25, 0.3) is 0 Å². The lowest BCUT2D eigenvalue weighted by molar-refractivity contribution is 0.164. The van der Waals surface area contributed by atoms with Crippen LogP contribution >= 0.6 is 15.9 Å². The monoisotopic (exact) mass is 254 g/mol. The van der Waals surface area contributed by atoms with Crippen molar-refractivity contribution in [2.24, 2.45) is 5.73 Å². The zero-order valence-corrected chi connectivity index (χ0v) is 9.32. The molecule has 14 heavy (non-hydrogen) atoms. The molecule has 0 aliphatic rings. The van der Waals surface area contributed by atoms with Crippen molar-refractivity contribution in [3.63, 3.8) is 0 Å². The third-order valence-corrected chi connectivity index (χ3v) is 2.71. The van der Waals surface area contributed by atoms with E-state index in [1.807, 2.05) is 6.07 Å². The molecule has 0 spiro atoms. The van der Waals surface area contributed by atoms with Crippen molar-refractivity contribution in [3.8, 4) is 6.07 Å². The van der Waals surface area contributed by atoms with E-state index < -0.39 is 12.1 Å². The molecular formula is C10H11BrN2O. The number of nitrogens with zero attached hydrogens (tertiary/aromatic N) is 1.